The highest BCUT2D eigenvalue weighted by atomic mass is 35.5. The summed E-state index contributed by atoms with van der Waals surface area (Å²) in [5.41, 5.74) is 0. The maximum Gasteiger partial charge on any atom is 0.230 e. The molecule has 0 N–H and O–H groups in total. The number of aldehydes is 1. The third-order valence-corrected chi connectivity index (χ3v) is 0.609. The maximum absolute atomic E-state index is 9.73. The molecule has 0 unspecified atom stereocenters. The van der Waals surface area contributed by atoms with Crippen LogP contribution in [0.15, 0.2) is 12.0 Å². The molecule has 0 aromatic rings. The van der Waals surface area contributed by atoms with Gasteiger partial charge >= 0.3 is 0 Å². The molecule has 9 heavy (non-hydrogen) atoms. The molecule has 0 radical (unpaired) electrons. The van der Waals surface area contributed by atoms with E-state index in [4.69, 9.17) is 0 Å². The summed E-state index contributed by atoms with van der Waals surface area (Å²) in [6, 6.07) is 0. The van der Waals surface area contributed by atoms with Gasteiger partial charge in [0.2, 0.25) is 6.79 Å². The second-order valence-electron chi connectivity index (χ2n) is 1.07. The molecule has 1 aliphatic heterocycles. The number of hydrogen-bond acceptors (Lipinski definition) is 3. The van der Waals surface area contributed by atoms with Gasteiger partial charge in [0.15, 0.2) is 12.0 Å². The third-order valence-electron chi connectivity index (χ3n) is 0.609. The Morgan fingerprint density at radius 3 is 2.44 bits per heavy atom. The summed E-state index contributed by atoms with van der Waals surface area (Å²) in [6.07, 6.45) is 1.89. The average Bonchev–Trinajstić information content (AvgIpc) is 2.14. The first-order valence-electron chi connectivity index (χ1n) is 1.83. The number of allylic oxidation sites excluding steroid dienone is 1. The number of halogens is 2. The number of carbonyl (C=O) groups is 1. The van der Waals surface area contributed by atoms with Crippen LogP contribution in [-0.2, 0) is 14.3 Å². The van der Waals surface area contributed by atoms with Crippen LogP contribution in [0, 0.1) is 0 Å². The van der Waals surface area contributed by atoms with Crippen LogP contribution in [0.1, 0.15) is 0 Å². The molecule has 0 bridgehead atoms. The fourth-order valence-electron chi connectivity index (χ4n) is 0.314. The predicted octanol–water partition coefficient (Wildman–Crippen LogP) is 0.875. The molecule has 3 nitrogen and oxygen atoms in total. The maximum atomic E-state index is 9.73. The molecule has 0 saturated carbocycles. The van der Waals surface area contributed by atoms with Crippen molar-refractivity contribution >= 4 is 31.1 Å². The lowest BCUT2D eigenvalue weighted by Gasteiger charge is -1.86. The fourth-order valence-corrected chi connectivity index (χ4v) is 0.314. The van der Waals surface area contributed by atoms with E-state index in [1.807, 2.05) is 0 Å². The van der Waals surface area contributed by atoms with Gasteiger partial charge in [-0.1, -0.05) is 0 Å². The Balaban J connectivity index is 0. The van der Waals surface area contributed by atoms with Gasteiger partial charge in [0.05, 0.1) is 0 Å². The van der Waals surface area contributed by atoms with E-state index in [0.29, 0.717) is 6.29 Å². The predicted molar refractivity (Wildman–Crippen MR) is 35.7 cm³/mol. The topological polar surface area (TPSA) is 35.5 Å². The minimum atomic E-state index is 0. The third kappa shape index (κ3) is 3.21. The van der Waals surface area contributed by atoms with Crippen LogP contribution in [-0.4, -0.2) is 13.1 Å². The Bertz CT molecular complexity index is 112. The molecule has 0 aromatic heterocycles. The summed E-state index contributed by atoms with van der Waals surface area (Å²) in [4.78, 5) is 9.73. The fraction of sp³-hybridized carbons (Fsp3) is 0.250. The normalized spacial score (nSPS) is 13.1. The zero-order valence-electron chi connectivity index (χ0n) is 4.40. The Labute approximate surface area is 64.8 Å². The quantitative estimate of drug-likeness (QED) is 0.552. The van der Waals surface area contributed by atoms with Crippen LogP contribution in [0.3, 0.4) is 0 Å². The summed E-state index contributed by atoms with van der Waals surface area (Å²) >= 11 is 0. The number of carbonyl (C=O) groups excluding carboxylic acids is 1. The molecule has 0 spiro atoms. The van der Waals surface area contributed by atoms with Crippen molar-refractivity contribution in [2.75, 3.05) is 6.79 Å². The molecule has 54 valence electrons. The summed E-state index contributed by atoms with van der Waals surface area (Å²) in [7, 11) is 0. The lowest BCUT2D eigenvalue weighted by atomic mass is 10.6. The number of hydrogen-bond donors (Lipinski definition) is 0. The first kappa shape index (κ1) is 11.4. The summed E-state index contributed by atoms with van der Waals surface area (Å²) < 4.78 is 9.11. The summed E-state index contributed by atoms with van der Waals surface area (Å²) in [6.45, 7) is 0.175. The van der Waals surface area contributed by atoms with Crippen molar-refractivity contribution in [3.8, 4) is 0 Å². The second-order valence-corrected chi connectivity index (χ2v) is 1.07. The molecule has 0 amide bonds. The van der Waals surface area contributed by atoms with Crippen molar-refractivity contribution in [1.29, 1.82) is 0 Å². The van der Waals surface area contributed by atoms with Gasteiger partial charge in [0.1, 0.15) is 6.26 Å². The lowest BCUT2D eigenvalue weighted by molar-refractivity contribution is -0.107. The molecular formula is C4H6Cl2O3. The number of ether oxygens (including phenoxy) is 2. The largest absolute Gasteiger partial charge is 0.461 e. The van der Waals surface area contributed by atoms with Gasteiger partial charge in [0.25, 0.3) is 0 Å². The lowest BCUT2D eigenvalue weighted by Crippen LogP contribution is -1.84. The van der Waals surface area contributed by atoms with Crippen molar-refractivity contribution in [3.05, 3.63) is 12.0 Å². The Hall–Kier alpha value is -0.410. The van der Waals surface area contributed by atoms with E-state index in [9.17, 15) is 4.79 Å². The Kier molecular flexibility index (Phi) is 7.24. The molecule has 0 atom stereocenters. The van der Waals surface area contributed by atoms with Crippen LogP contribution in [0.25, 0.3) is 0 Å². The van der Waals surface area contributed by atoms with Crippen LogP contribution < -0.4 is 0 Å². The van der Waals surface area contributed by atoms with Gasteiger partial charge in [-0.25, -0.2) is 0 Å². The zero-order valence-corrected chi connectivity index (χ0v) is 6.04. The van der Waals surface area contributed by atoms with Crippen molar-refractivity contribution in [2.45, 2.75) is 0 Å². The van der Waals surface area contributed by atoms with E-state index in [1.54, 1.807) is 0 Å². The van der Waals surface area contributed by atoms with Crippen molar-refractivity contribution < 1.29 is 14.3 Å². The van der Waals surface area contributed by atoms with Crippen LogP contribution in [0.5, 0.6) is 0 Å². The van der Waals surface area contributed by atoms with E-state index in [-0.39, 0.29) is 37.4 Å². The molecule has 5 heteroatoms. The molecule has 1 heterocycles. The van der Waals surface area contributed by atoms with E-state index >= 15 is 0 Å². The monoisotopic (exact) mass is 172 g/mol. The molecule has 0 fully saturated rings. The van der Waals surface area contributed by atoms with Crippen molar-refractivity contribution in [1.82, 2.24) is 0 Å². The van der Waals surface area contributed by atoms with Gasteiger partial charge in [0, 0.05) is 0 Å². The van der Waals surface area contributed by atoms with Crippen molar-refractivity contribution in [2.24, 2.45) is 0 Å². The van der Waals surface area contributed by atoms with E-state index in [1.165, 1.54) is 6.26 Å². The zero-order chi connectivity index (χ0) is 5.11. The molecule has 1 rings (SSSR count). The van der Waals surface area contributed by atoms with Gasteiger partial charge in [-0.15, -0.1) is 24.8 Å². The van der Waals surface area contributed by atoms with Gasteiger partial charge < -0.3 is 9.47 Å². The van der Waals surface area contributed by atoms with Gasteiger partial charge in [-0.3, -0.25) is 4.79 Å². The SMILES string of the molecule is Cl.Cl.O=CC1=COCO1. The average molecular weight is 173 g/mol. The minimum absolute atomic E-state index is 0. The Morgan fingerprint density at radius 1 is 1.56 bits per heavy atom. The van der Waals surface area contributed by atoms with Crippen LogP contribution in [0.4, 0.5) is 0 Å². The number of rotatable bonds is 1. The first-order valence-corrected chi connectivity index (χ1v) is 1.83. The molecule has 1 aliphatic rings. The van der Waals surface area contributed by atoms with E-state index in [0.717, 1.165) is 0 Å². The smallest absolute Gasteiger partial charge is 0.230 e. The summed E-state index contributed by atoms with van der Waals surface area (Å²) in [5, 5.41) is 0. The second kappa shape index (κ2) is 5.72. The minimum Gasteiger partial charge on any atom is -0.461 e. The summed E-state index contributed by atoms with van der Waals surface area (Å²) in [5.74, 6) is 0.264. The van der Waals surface area contributed by atoms with E-state index in [2.05, 4.69) is 9.47 Å². The van der Waals surface area contributed by atoms with Crippen LogP contribution >= 0.6 is 24.8 Å². The first-order chi connectivity index (χ1) is 3.43. The molecule has 0 aliphatic carbocycles. The standard InChI is InChI=1S/C4H4O3.2ClH/c5-1-4-2-6-3-7-4;;/h1-2H,3H2;2*1H. The van der Waals surface area contributed by atoms with Gasteiger partial charge in [-0.2, -0.15) is 0 Å². The highest BCUT2D eigenvalue weighted by Gasteiger charge is 2.01. The highest BCUT2D eigenvalue weighted by molar-refractivity contribution is 5.85. The molecule has 0 saturated heterocycles. The van der Waals surface area contributed by atoms with E-state index < -0.39 is 0 Å². The van der Waals surface area contributed by atoms with Crippen LogP contribution in [0.2, 0.25) is 0 Å². The molecule has 0 aromatic carbocycles. The highest BCUT2D eigenvalue weighted by Crippen LogP contribution is 2.00. The molecular weight excluding hydrogens is 167 g/mol. The van der Waals surface area contributed by atoms with Crippen molar-refractivity contribution in [3.63, 3.8) is 0 Å². The Morgan fingerprint density at radius 2 is 2.22 bits per heavy atom. The van der Waals surface area contributed by atoms with Gasteiger partial charge in [-0.05, 0) is 0 Å².